The summed E-state index contributed by atoms with van der Waals surface area (Å²) in [5, 5.41) is 12.4. The van der Waals surface area contributed by atoms with E-state index in [4.69, 9.17) is 5.21 Å². The van der Waals surface area contributed by atoms with Crippen molar-refractivity contribution in [3.05, 3.63) is 60.2 Å². The number of hydrogen-bond acceptors (Lipinski definition) is 3. The van der Waals surface area contributed by atoms with E-state index < -0.39 is 0 Å². The summed E-state index contributed by atoms with van der Waals surface area (Å²) in [5.74, 6) is 0. The van der Waals surface area contributed by atoms with E-state index in [0.717, 1.165) is 24.1 Å². The average molecular weight is 271 g/mol. The van der Waals surface area contributed by atoms with Crippen LogP contribution in [0.2, 0.25) is 0 Å². The van der Waals surface area contributed by atoms with Gasteiger partial charge in [0.25, 0.3) is 0 Å². The van der Waals surface area contributed by atoms with Crippen LogP contribution in [-0.4, -0.2) is 10.9 Å². The van der Waals surface area contributed by atoms with Crippen molar-refractivity contribution < 1.29 is 5.21 Å². The zero-order valence-electron chi connectivity index (χ0n) is 10.9. The molecule has 98 valence electrons. The molecule has 2 aromatic rings. The molecular weight excluding hydrogens is 254 g/mol. The summed E-state index contributed by atoms with van der Waals surface area (Å²) in [4.78, 5) is 2.41. The molecule has 2 nitrogen and oxygen atoms in total. The van der Waals surface area contributed by atoms with E-state index in [0.29, 0.717) is 0 Å². The van der Waals surface area contributed by atoms with Crippen LogP contribution in [0.3, 0.4) is 0 Å². The fourth-order valence-corrected chi connectivity index (χ4v) is 2.67. The molecule has 1 N–H and O–H groups in total. The lowest BCUT2D eigenvalue weighted by molar-refractivity contribution is 0.318. The maximum atomic E-state index is 9.00. The highest BCUT2D eigenvalue weighted by atomic mass is 32.2. The summed E-state index contributed by atoms with van der Waals surface area (Å²) in [6.45, 7) is 2.07. The Morgan fingerprint density at radius 2 is 1.63 bits per heavy atom. The Kier molecular flexibility index (Phi) is 5.04. The zero-order valence-corrected chi connectivity index (χ0v) is 11.7. The van der Waals surface area contributed by atoms with E-state index in [1.807, 2.05) is 30.3 Å². The zero-order chi connectivity index (χ0) is 13.5. The third-order valence-electron chi connectivity index (χ3n) is 2.77. The number of rotatable bonds is 5. The lowest BCUT2D eigenvalue weighted by Crippen LogP contribution is -1.99. The van der Waals surface area contributed by atoms with Crippen molar-refractivity contribution in [1.29, 1.82) is 0 Å². The SMILES string of the molecule is CCCC(=NO)c1ccc(Sc2ccccc2)cc1. The van der Waals surface area contributed by atoms with E-state index in [1.54, 1.807) is 11.8 Å². The summed E-state index contributed by atoms with van der Waals surface area (Å²) in [6.07, 6.45) is 1.77. The van der Waals surface area contributed by atoms with Gasteiger partial charge in [-0.2, -0.15) is 0 Å². The average Bonchev–Trinajstić information content (AvgIpc) is 2.47. The third-order valence-corrected chi connectivity index (χ3v) is 3.79. The highest BCUT2D eigenvalue weighted by Crippen LogP contribution is 2.27. The number of benzene rings is 2. The lowest BCUT2D eigenvalue weighted by Gasteiger charge is -2.05. The molecule has 0 radical (unpaired) electrons. The van der Waals surface area contributed by atoms with Gasteiger partial charge in [-0.25, -0.2) is 0 Å². The van der Waals surface area contributed by atoms with Crippen molar-refractivity contribution in [1.82, 2.24) is 0 Å². The van der Waals surface area contributed by atoms with Gasteiger partial charge in [0.1, 0.15) is 0 Å². The van der Waals surface area contributed by atoms with Crippen molar-refractivity contribution in [3.8, 4) is 0 Å². The summed E-state index contributed by atoms with van der Waals surface area (Å²) in [7, 11) is 0. The van der Waals surface area contributed by atoms with Gasteiger partial charge in [0.15, 0.2) is 0 Å². The normalized spacial score (nSPS) is 11.5. The van der Waals surface area contributed by atoms with Crippen LogP contribution >= 0.6 is 11.8 Å². The molecule has 0 saturated carbocycles. The first-order valence-electron chi connectivity index (χ1n) is 6.37. The van der Waals surface area contributed by atoms with Crippen LogP contribution in [0.25, 0.3) is 0 Å². The minimum atomic E-state index is 0.749. The Balaban J connectivity index is 2.10. The Labute approximate surface area is 118 Å². The molecule has 0 aliphatic heterocycles. The molecule has 0 atom stereocenters. The van der Waals surface area contributed by atoms with Gasteiger partial charge >= 0.3 is 0 Å². The van der Waals surface area contributed by atoms with Gasteiger partial charge in [-0.05, 0) is 36.2 Å². The van der Waals surface area contributed by atoms with Crippen molar-refractivity contribution in [3.63, 3.8) is 0 Å². The van der Waals surface area contributed by atoms with Crippen LogP contribution in [0.4, 0.5) is 0 Å². The second-order valence-corrected chi connectivity index (χ2v) is 5.38. The minimum absolute atomic E-state index is 0.749. The summed E-state index contributed by atoms with van der Waals surface area (Å²) < 4.78 is 0. The standard InChI is InChI=1S/C16H17NOS/c1-2-6-16(17-18)13-9-11-15(12-10-13)19-14-7-4-3-5-8-14/h3-5,7-12,18H,2,6H2,1H3. The van der Waals surface area contributed by atoms with E-state index in [2.05, 4.69) is 36.3 Å². The topological polar surface area (TPSA) is 32.6 Å². The monoisotopic (exact) mass is 271 g/mol. The van der Waals surface area contributed by atoms with Gasteiger partial charge < -0.3 is 5.21 Å². The minimum Gasteiger partial charge on any atom is -0.411 e. The van der Waals surface area contributed by atoms with Gasteiger partial charge in [-0.1, -0.05) is 60.6 Å². The first kappa shape index (κ1) is 13.7. The van der Waals surface area contributed by atoms with Crippen LogP contribution in [0.5, 0.6) is 0 Å². The first-order valence-corrected chi connectivity index (χ1v) is 7.19. The molecule has 0 aromatic heterocycles. The molecule has 0 aliphatic carbocycles. The number of nitrogens with zero attached hydrogens (tertiary/aromatic N) is 1. The van der Waals surface area contributed by atoms with Crippen molar-refractivity contribution in [2.75, 3.05) is 0 Å². The van der Waals surface area contributed by atoms with Crippen molar-refractivity contribution >= 4 is 17.5 Å². The summed E-state index contributed by atoms with van der Waals surface area (Å²) >= 11 is 1.73. The molecule has 0 spiro atoms. The molecule has 0 saturated heterocycles. The Bertz CT molecular complexity index is 534. The molecule has 0 aliphatic rings. The van der Waals surface area contributed by atoms with Gasteiger partial charge in [-0.15, -0.1) is 0 Å². The van der Waals surface area contributed by atoms with Crippen molar-refractivity contribution in [2.24, 2.45) is 5.16 Å². The molecule has 0 heterocycles. The summed E-state index contributed by atoms with van der Waals surface area (Å²) in [6, 6.07) is 18.4. The number of hydrogen-bond donors (Lipinski definition) is 1. The fourth-order valence-electron chi connectivity index (χ4n) is 1.83. The molecule has 2 aromatic carbocycles. The van der Waals surface area contributed by atoms with Crippen LogP contribution in [0, 0.1) is 0 Å². The molecular formula is C16H17NOS. The molecule has 19 heavy (non-hydrogen) atoms. The molecule has 2 rings (SSSR count). The third kappa shape index (κ3) is 3.86. The lowest BCUT2D eigenvalue weighted by atomic mass is 10.1. The van der Waals surface area contributed by atoms with E-state index >= 15 is 0 Å². The van der Waals surface area contributed by atoms with Gasteiger partial charge in [0, 0.05) is 9.79 Å². The van der Waals surface area contributed by atoms with E-state index in [9.17, 15) is 0 Å². The highest BCUT2D eigenvalue weighted by Gasteiger charge is 2.04. The highest BCUT2D eigenvalue weighted by molar-refractivity contribution is 7.99. The van der Waals surface area contributed by atoms with Gasteiger partial charge in [0.2, 0.25) is 0 Å². The Hall–Kier alpha value is -1.74. The van der Waals surface area contributed by atoms with Crippen molar-refractivity contribution in [2.45, 2.75) is 29.6 Å². The van der Waals surface area contributed by atoms with Gasteiger partial charge in [0.05, 0.1) is 5.71 Å². The van der Waals surface area contributed by atoms with Crippen LogP contribution in [0.15, 0.2) is 69.5 Å². The second kappa shape index (κ2) is 7.00. The first-order chi connectivity index (χ1) is 9.33. The maximum absolute atomic E-state index is 9.00. The predicted octanol–water partition coefficient (Wildman–Crippen LogP) is 4.82. The smallest absolute Gasteiger partial charge is 0.0867 e. The maximum Gasteiger partial charge on any atom is 0.0867 e. The molecule has 0 fully saturated rings. The van der Waals surface area contributed by atoms with E-state index in [-0.39, 0.29) is 0 Å². The van der Waals surface area contributed by atoms with Crippen LogP contribution < -0.4 is 0 Å². The quantitative estimate of drug-likeness (QED) is 0.480. The summed E-state index contributed by atoms with van der Waals surface area (Å²) in [5.41, 5.74) is 1.74. The molecule has 0 unspecified atom stereocenters. The second-order valence-electron chi connectivity index (χ2n) is 4.24. The van der Waals surface area contributed by atoms with Crippen LogP contribution in [-0.2, 0) is 0 Å². The van der Waals surface area contributed by atoms with Crippen LogP contribution in [0.1, 0.15) is 25.3 Å². The Morgan fingerprint density at radius 1 is 1.00 bits per heavy atom. The number of oxime groups is 1. The molecule has 0 amide bonds. The van der Waals surface area contributed by atoms with Gasteiger partial charge in [-0.3, -0.25) is 0 Å². The molecule has 0 bridgehead atoms. The Morgan fingerprint density at radius 3 is 2.21 bits per heavy atom. The largest absolute Gasteiger partial charge is 0.411 e. The predicted molar refractivity (Wildman–Crippen MR) is 80.2 cm³/mol. The molecule has 3 heteroatoms. The fraction of sp³-hybridized carbons (Fsp3) is 0.188. The van der Waals surface area contributed by atoms with E-state index in [1.165, 1.54) is 9.79 Å².